The van der Waals surface area contributed by atoms with E-state index in [-0.39, 0.29) is 5.41 Å². The Morgan fingerprint density at radius 1 is 0.455 bits per heavy atom. The van der Waals surface area contributed by atoms with Crippen LogP contribution >= 0.6 is 22.7 Å². The van der Waals surface area contributed by atoms with Crippen LogP contribution in [0.2, 0.25) is 0 Å². The lowest BCUT2D eigenvalue weighted by Gasteiger charge is -2.42. The molecular weight excluding hydrogens is 705 g/mol. The molecule has 0 N–H and O–H groups in total. The third-order valence-electron chi connectivity index (χ3n) is 11.4. The molecule has 0 atom stereocenters. The molecular formula is C51H36N2S2. The van der Waals surface area contributed by atoms with Gasteiger partial charge in [-0.3, -0.25) is 0 Å². The van der Waals surface area contributed by atoms with Crippen LogP contribution in [0.1, 0.15) is 25.0 Å². The maximum Gasteiger partial charge on any atom is 0.0640 e. The molecule has 0 saturated heterocycles. The van der Waals surface area contributed by atoms with Crippen LogP contribution in [-0.4, -0.2) is 0 Å². The summed E-state index contributed by atoms with van der Waals surface area (Å²) in [6.45, 7) is 4.70. The minimum Gasteiger partial charge on any atom is -0.310 e. The lowest BCUT2D eigenvalue weighted by Crippen LogP contribution is -2.30. The molecule has 0 spiro atoms. The van der Waals surface area contributed by atoms with E-state index in [0.717, 1.165) is 11.4 Å². The molecule has 4 heteroatoms. The Balaban J connectivity index is 1.11. The Labute approximate surface area is 328 Å². The lowest BCUT2D eigenvalue weighted by atomic mass is 9.73. The van der Waals surface area contributed by atoms with Crippen LogP contribution < -0.4 is 9.80 Å². The SMILES string of the molecule is CC1(C)c2ccccc2N(c2cc(-c3ccc(N(c4ccccc4)c4cccc5c4sc4ccccc45)cc3)c3sc4ccccc4c3c2)c2ccccc21. The average molecular weight is 741 g/mol. The van der Waals surface area contributed by atoms with E-state index in [1.165, 1.54) is 85.3 Å². The molecule has 0 bridgehead atoms. The fourth-order valence-electron chi connectivity index (χ4n) is 8.81. The number of hydrogen-bond donors (Lipinski definition) is 0. The van der Waals surface area contributed by atoms with Crippen molar-refractivity contribution in [2.24, 2.45) is 0 Å². The second-order valence-electron chi connectivity index (χ2n) is 14.9. The fourth-order valence-corrected chi connectivity index (χ4v) is 11.2. The van der Waals surface area contributed by atoms with E-state index in [9.17, 15) is 0 Å². The minimum absolute atomic E-state index is 0.119. The van der Waals surface area contributed by atoms with Crippen LogP contribution in [0.15, 0.2) is 182 Å². The van der Waals surface area contributed by atoms with E-state index < -0.39 is 0 Å². The first kappa shape index (κ1) is 32.2. The van der Waals surface area contributed by atoms with Gasteiger partial charge in [-0.2, -0.15) is 0 Å². The molecule has 55 heavy (non-hydrogen) atoms. The zero-order valence-corrected chi connectivity index (χ0v) is 32.2. The summed E-state index contributed by atoms with van der Waals surface area (Å²) < 4.78 is 5.22. The first-order valence-corrected chi connectivity index (χ1v) is 20.5. The second-order valence-corrected chi connectivity index (χ2v) is 17.0. The fraction of sp³-hybridized carbons (Fsp3) is 0.0588. The van der Waals surface area contributed by atoms with Gasteiger partial charge in [0.25, 0.3) is 0 Å². The summed E-state index contributed by atoms with van der Waals surface area (Å²) >= 11 is 3.76. The summed E-state index contributed by atoms with van der Waals surface area (Å²) in [4.78, 5) is 4.90. The van der Waals surface area contributed by atoms with Crippen molar-refractivity contribution in [1.82, 2.24) is 0 Å². The van der Waals surface area contributed by atoms with Gasteiger partial charge in [0.2, 0.25) is 0 Å². The molecule has 2 aromatic heterocycles. The van der Waals surface area contributed by atoms with Gasteiger partial charge < -0.3 is 9.80 Å². The van der Waals surface area contributed by atoms with E-state index in [0.29, 0.717) is 0 Å². The molecule has 2 nitrogen and oxygen atoms in total. The van der Waals surface area contributed by atoms with E-state index >= 15 is 0 Å². The number of fused-ring (bicyclic) bond motifs is 8. The Morgan fingerprint density at radius 2 is 1.00 bits per heavy atom. The van der Waals surface area contributed by atoms with Crippen LogP contribution in [0.5, 0.6) is 0 Å². The summed E-state index contributed by atoms with van der Waals surface area (Å²) in [5.41, 5.74) is 12.1. The van der Waals surface area contributed by atoms with Gasteiger partial charge in [-0.15, -0.1) is 22.7 Å². The second kappa shape index (κ2) is 12.4. The molecule has 1 aliphatic heterocycles. The van der Waals surface area contributed by atoms with Gasteiger partial charge in [0.05, 0.1) is 21.8 Å². The van der Waals surface area contributed by atoms with E-state index in [2.05, 4.69) is 206 Å². The van der Waals surface area contributed by atoms with Crippen molar-refractivity contribution in [2.45, 2.75) is 19.3 Å². The van der Waals surface area contributed by atoms with Crippen LogP contribution in [0, 0.1) is 0 Å². The van der Waals surface area contributed by atoms with Crippen molar-refractivity contribution in [3.05, 3.63) is 193 Å². The number of hydrogen-bond acceptors (Lipinski definition) is 4. The summed E-state index contributed by atoms with van der Waals surface area (Å²) in [6, 6.07) is 67.0. The number of thiophene rings is 2. The Hall–Kier alpha value is -6.20. The molecule has 0 amide bonds. The molecule has 10 aromatic rings. The highest BCUT2D eigenvalue weighted by molar-refractivity contribution is 7.26. The third kappa shape index (κ3) is 4.99. The van der Waals surface area contributed by atoms with Crippen molar-refractivity contribution in [1.29, 1.82) is 0 Å². The highest BCUT2D eigenvalue weighted by Crippen LogP contribution is 2.54. The standard InChI is InChI=1S/C51H36N2S2/c1-51(2)42-20-8-10-22-44(42)53(45-23-11-9-21-43(45)51)36-31-40(49-41(32-36)38-18-7-13-26-48(38)54-49)33-27-29-35(30-28-33)52(34-15-4-3-5-16-34)46-24-14-19-39-37-17-6-12-25-47(37)55-50(39)46/h3-32H,1-2H3. The molecule has 0 aliphatic carbocycles. The third-order valence-corrected chi connectivity index (χ3v) is 13.9. The van der Waals surface area contributed by atoms with Crippen molar-refractivity contribution >= 4 is 97.1 Å². The van der Waals surface area contributed by atoms with Gasteiger partial charge in [-0.05, 0) is 83.4 Å². The van der Waals surface area contributed by atoms with E-state index in [1.807, 2.05) is 22.7 Å². The predicted molar refractivity (Wildman–Crippen MR) is 239 cm³/mol. The smallest absolute Gasteiger partial charge is 0.0640 e. The van der Waals surface area contributed by atoms with Crippen molar-refractivity contribution in [3.8, 4) is 11.1 Å². The minimum atomic E-state index is -0.119. The average Bonchev–Trinajstić information content (AvgIpc) is 3.81. The molecule has 0 radical (unpaired) electrons. The summed E-state index contributed by atoms with van der Waals surface area (Å²) in [5.74, 6) is 0. The molecule has 1 aliphatic rings. The van der Waals surface area contributed by atoms with Gasteiger partial charge in [-0.1, -0.05) is 129 Å². The number of para-hydroxylation sites is 3. The number of rotatable bonds is 5. The van der Waals surface area contributed by atoms with Gasteiger partial charge in [0, 0.05) is 63.7 Å². The van der Waals surface area contributed by atoms with Crippen molar-refractivity contribution in [2.75, 3.05) is 9.80 Å². The molecule has 262 valence electrons. The van der Waals surface area contributed by atoms with E-state index in [1.54, 1.807) is 0 Å². The zero-order chi connectivity index (χ0) is 36.7. The monoisotopic (exact) mass is 740 g/mol. The van der Waals surface area contributed by atoms with Crippen LogP contribution in [0.3, 0.4) is 0 Å². The largest absolute Gasteiger partial charge is 0.310 e. The van der Waals surface area contributed by atoms with Gasteiger partial charge in [-0.25, -0.2) is 0 Å². The maximum atomic E-state index is 2.49. The normalized spacial score (nSPS) is 13.4. The first-order chi connectivity index (χ1) is 27.0. The summed E-state index contributed by atoms with van der Waals surface area (Å²) in [6.07, 6.45) is 0. The molecule has 3 heterocycles. The van der Waals surface area contributed by atoms with Crippen LogP contribution in [-0.2, 0) is 5.41 Å². The molecule has 8 aromatic carbocycles. The number of nitrogens with zero attached hydrogens (tertiary/aromatic N) is 2. The highest BCUT2D eigenvalue weighted by atomic mass is 32.1. The number of anilines is 6. The Morgan fingerprint density at radius 3 is 1.69 bits per heavy atom. The highest BCUT2D eigenvalue weighted by Gasteiger charge is 2.36. The number of benzene rings is 8. The lowest BCUT2D eigenvalue weighted by molar-refractivity contribution is 0.632. The topological polar surface area (TPSA) is 6.48 Å². The van der Waals surface area contributed by atoms with Crippen LogP contribution in [0.4, 0.5) is 34.1 Å². The molecule has 0 saturated carbocycles. The van der Waals surface area contributed by atoms with E-state index in [4.69, 9.17) is 0 Å². The first-order valence-electron chi connectivity index (χ1n) is 18.8. The van der Waals surface area contributed by atoms with Crippen molar-refractivity contribution < 1.29 is 0 Å². The molecule has 0 fully saturated rings. The summed E-state index contributed by atoms with van der Waals surface area (Å²) in [5, 5.41) is 5.19. The Bertz CT molecular complexity index is 3030. The molecule has 11 rings (SSSR count). The van der Waals surface area contributed by atoms with Crippen molar-refractivity contribution in [3.63, 3.8) is 0 Å². The maximum absolute atomic E-state index is 2.49. The quantitative estimate of drug-likeness (QED) is 0.173. The molecule has 0 unspecified atom stereocenters. The summed E-state index contributed by atoms with van der Waals surface area (Å²) in [7, 11) is 0. The predicted octanol–water partition coefficient (Wildman–Crippen LogP) is 15.7. The Kier molecular flexibility index (Phi) is 7.28. The zero-order valence-electron chi connectivity index (χ0n) is 30.5. The van der Waals surface area contributed by atoms with Gasteiger partial charge in [0.15, 0.2) is 0 Å². The van der Waals surface area contributed by atoms with Gasteiger partial charge >= 0.3 is 0 Å². The van der Waals surface area contributed by atoms with Gasteiger partial charge in [0.1, 0.15) is 0 Å². The van der Waals surface area contributed by atoms with Crippen LogP contribution in [0.25, 0.3) is 51.5 Å².